The first-order chi connectivity index (χ1) is 62.0. The van der Waals surface area contributed by atoms with E-state index in [0.29, 0.717) is 59.7 Å². The van der Waals surface area contributed by atoms with Gasteiger partial charge in [-0.2, -0.15) is 0 Å². The van der Waals surface area contributed by atoms with Crippen molar-refractivity contribution < 1.29 is 25.3 Å². The van der Waals surface area contributed by atoms with E-state index in [4.69, 9.17) is 21.6 Å². The standard InChI is InChI=1S/2C26H30N4O2S.2C26H30N4OS/c2*1-18-7-11-21(12-8-18)16-23(17-33(4,31)32)30-25-24(6-5-15-28-25)29(26(30)27)20(3)22-13-9-19(2)10-14-22;2*1-18-7-11-21(12-8-18)16-23(17-32(4)31)30-25-24(6-5-15-28-25)29(26(30)27)20(3)22-13-9-19(2)10-14-22/h2*5-15,20,23,27H,16-17H2,1-4H3;2*5-15,20,23,27H,16-17H2,1-4H3/t2*20?,23-;2*20?,23-,32?/m0000/s1. The summed E-state index contributed by atoms with van der Waals surface area (Å²) < 4.78 is 89.7. The van der Waals surface area contributed by atoms with Crippen LogP contribution in [-0.4, -0.2) is 130 Å². The molecule has 22 nitrogen and oxygen atoms in total. The first-order valence-electron chi connectivity index (χ1n) is 43.9. The summed E-state index contributed by atoms with van der Waals surface area (Å²) in [6.07, 6.45) is 15.3. The Bertz CT molecular complexity index is 6770. The summed E-state index contributed by atoms with van der Waals surface area (Å²) in [6.45, 7) is 24.8. The zero-order valence-corrected chi connectivity index (χ0v) is 80.4. The molecule has 8 heterocycles. The van der Waals surface area contributed by atoms with Gasteiger partial charge < -0.3 is 18.3 Å². The molecular formula is C104H120N16O6S4. The van der Waals surface area contributed by atoms with E-state index in [2.05, 4.69) is 221 Å². The van der Waals surface area contributed by atoms with Gasteiger partial charge in [0.2, 0.25) is 22.5 Å². The van der Waals surface area contributed by atoms with Gasteiger partial charge in [-0.3, -0.25) is 48.3 Å². The Balaban J connectivity index is 0.000000148. The normalized spacial score (nSPS) is 14.1. The largest absolute Gasteiger partial charge is 0.302 e. The highest BCUT2D eigenvalue weighted by Gasteiger charge is 2.31. The van der Waals surface area contributed by atoms with E-state index in [1.54, 1.807) is 46.4 Å². The molecule has 0 saturated heterocycles. The van der Waals surface area contributed by atoms with Gasteiger partial charge in [-0.1, -0.05) is 239 Å². The molecule has 130 heavy (non-hydrogen) atoms. The average Bonchev–Trinajstić information content (AvgIpc) is 1.62. The Morgan fingerprint density at radius 1 is 0.277 bits per heavy atom. The second-order valence-corrected chi connectivity index (χ2v) is 42.4. The number of benzene rings is 8. The van der Waals surface area contributed by atoms with Crippen LogP contribution in [0.3, 0.4) is 0 Å². The van der Waals surface area contributed by atoms with Crippen molar-refractivity contribution in [3.63, 3.8) is 0 Å². The van der Waals surface area contributed by atoms with Gasteiger partial charge in [0, 0.05) is 82.9 Å². The van der Waals surface area contributed by atoms with Crippen molar-refractivity contribution in [2.45, 2.75) is 157 Å². The molecule has 0 radical (unpaired) electrons. The Hall–Kier alpha value is -12.4. The van der Waals surface area contributed by atoms with Crippen LogP contribution in [0.2, 0.25) is 0 Å². The number of hydrogen-bond acceptors (Lipinski definition) is 14. The number of aryl methyl sites for hydroxylation is 8. The lowest BCUT2D eigenvalue weighted by atomic mass is 10.1. The van der Waals surface area contributed by atoms with E-state index in [1.165, 1.54) is 57.0 Å². The number of rotatable bonds is 28. The third kappa shape index (κ3) is 22.9. The van der Waals surface area contributed by atoms with Gasteiger partial charge in [-0.15, -0.1) is 0 Å². The zero-order valence-electron chi connectivity index (χ0n) is 77.1. The van der Waals surface area contributed by atoms with E-state index in [9.17, 15) is 25.3 Å². The number of nitrogens with zero attached hydrogens (tertiary/aromatic N) is 12. The van der Waals surface area contributed by atoms with E-state index in [-0.39, 0.29) is 59.0 Å². The molecular weight excluding hydrogens is 1700 g/mol. The number of pyridine rings is 4. The molecule has 26 heteroatoms. The predicted octanol–water partition coefficient (Wildman–Crippen LogP) is 18.2. The fraction of sp³-hybridized carbons (Fsp3) is 0.308. The van der Waals surface area contributed by atoms with Crippen LogP contribution in [0.4, 0.5) is 0 Å². The molecule has 0 aliphatic heterocycles. The van der Waals surface area contributed by atoms with E-state index in [1.807, 2.05) is 152 Å². The molecule has 0 amide bonds. The number of hydrogen-bond donors (Lipinski definition) is 4. The number of nitrogens with one attached hydrogen (secondary N) is 4. The lowest BCUT2D eigenvalue weighted by Crippen LogP contribution is -2.33. The van der Waals surface area contributed by atoms with Gasteiger partial charge in [0.1, 0.15) is 19.7 Å². The van der Waals surface area contributed by atoms with Crippen LogP contribution in [0.15, 0.2) is 267 Å². The SMILES string of the molecule is Cc1ccc(C[C@@H](CS(C)(=O)=O)n2c(=N)n(C(C)c3ccc(C)cc3)c3cccnc32)cc1.Cc1ccc(C[C@@H](CS(C)(=O)=O)n2c(=N)n(C(C)c3ccc(C)cc3)c3cccnc32)cc1.Cc1ccc(C[C@@H](CS(C)=O)n2c(=N)n(C(C)c3ccc(C)cc3)c3cccnc32)cc1.Cc1ccc(C[C@@H](CS(C)=O)n2c(=N)n(C(C)c3ccc(C)cc3)c3cccnc32)cc1. The monoisotopic (exact) mass is 1820 g/mol. The van der Waals surface area contributed by atoms with Crippen LogP contribution in [0.1, 0.15) is 165 Å². The summed E-state index contributed by atoms with van der Waals surface area (Å²) in [7, 11) is -8.60. The highest BCUT2D eigenvalue weighted by molar-refractivity contribution is 7.91. The smallest absolute Gasteiger partial charge is 0.205 e. The second kappa shape index (κ2) is 41.6. The molecule has 16 rings (SSSR count). The first kappa shape index (κ1) is 95.2. The molecule has 16 aromatic rings. The molecule has 4 N–H and O–H groups in total. The minimum atomic E-state index is -3.29. The van der Waals surface area contributed by atoms with Gasteiger partial charge in [0.15, 0.2) is 22.6 Å². The number of sulfone groups is 2. The Labute approximate surface area is 767 Å². The minimum absolute atomic E-state index is 0.0248. The summed E-state index contributed by atoms with van der Waals surface area (Å²) in [4.78, 5) is 18.5. The molecule has 0 saturated carbocycles. The summed E-state index contributed by atoms with van der Waals surface area (Å²) >= 11 is 0. The maximum absolute atomic E-state index is 12.4. The van der Waals surface area contributed by atoms with Crippen LogP contribution >= 0.6 is 0 Å². The summed E-state index contributed by atoms with van der Waals surface area (Å²) in [5, 5.41) is 36.6. The van der Waals surface area contributed by atoms with Crippen molar-refractivity contribution in [1.82, 2.24) is 56.5 Å². The third-order valence-electron chi connectivity index (χ3n) is 24.3. The molecule has 0 spiro atoms. The molecule has 10 atom stereocenters. The fourth-order valence-electron chi connectivity index (χ4n) is 17.4. The fourth-order valence-corrected chi connectivity index (χ4v) is 21.0. The first-order valence-corrected chi connectivity index (χ1v) is 51.5. The van der Waals surface area contributed by atoms with Crippen LogP contribution in [0.5, 0.6) is 0 Å². The number of fused-ring (bicyclic) bond motifs is 4. The quantitative estimate of drug-likeness (QED) is 0.0359. The molecule has 676 valence electrons. The summed E-state index contributed by atoms with van der Waals surface area (Å²) in [5.74, 6) is 0.816. The van der Waals surface area contributed by atoms with Crippen molar-refractivity contribution in [3.8, 4) is 0 Å². The van der Waals surface area contributed by atoms with Crippen molar-refractivity contribution in [3.05, 3.63) is 379 Å². The second-order valence-electron chi connectivity index (χ2n) is 35.0. The maximum Gasteiger partial charge on any atom is 0.205 e. The lowest BCUT2D eigenvalue weighted by molar-refractivity contribution is 0.489. The van der Waals surface area contributed by atoms with Crippen LogP contribution in [-0.2, 0) is 67.0 Å². The van der Waals surface area contributed by atoms with Crippen molar-refractivity contribution >= 4 is 85.9 Å². The van der Waals surface area contributed by atoms with Crippen molar-refractivity contribution in [2.24, 2.45) is 0 Å². The van der Waals surface area contributed by atoms with E-state index >= 15 is 0 Å². The molecule has 0 aliphatic rings. The van der Waals surface area contributed by atoms with Crippen LogP contribution in [0, 0.1) is 77.0 Å². The molecule has 6 unspecified atom stereocenters. The van der Waals surface area contributed by atoms with E-state index < -0.39 is 53.4 Å². The van der Waals surface area contributed by atoms with E-state index in [0.717, 1.165) is 77.9 Å². The topological polar surface area (TPSA) is 289 Å². The lowest BCUT2D eigenvalue weighted by Gasteiger charge is -2.19. The maximum atomic E-state index is 12.4. The van der Waals surface area contributed by atoms with Crippen molar-refractivity contribution in [2.75, 3.05) is 48.0 Å². The van der Waals surface area contributed by atoms with Gasteiger partial charge in [0.25, 0.3) is 0 Å². The zero-order chi connectivity index (χ0) is 93.2. The Morgan fingerprint density at radius 3 is 0.638 bits per heavy atom. The Kier molecular flexibility index (Phi) is 30.5. The molecule has 8 aromatic carbocycles. The summed E-state index contributed by atoms with van der Waals surface area (Å²) in [5.41, 5.74) is 25.9. The molecule has 0 bridgehead atoms. The minimum Gasteiger partial charge on any atom is -0.302 e. The highest BCUT2D eigenvalue weighted by atomic mass is 32.2. The molecule has 0 aliphatic carbocycles. The Morgan fingerprint density at radius 2 is 0.454 bits per heavy atom. The number of imidazole rings is 4. The third-order valence-corrected chi connectivity index (χ3v) is 28.0. The van der Waals surface area contributed by atoms with Crippen LogP contribution < -0.4 is 22.5 Å². The predicted molar refractivity (Wildman–Crippen MR) is 527 cm³/mol. The average molecular weight is 1820 g/mol. The van der Waals surface area contributed by atoms with Gasteiger partial charge in [0.05, 0.1) is 81.9 Å². The summed E-state index contributed by atoms with van der Waals surface area (Å²) in [6, 6.07) is 80.6. The molecule has 0 fully saturated rings. The number of aromatic nitrogens is 12. The van der Waals surface area contributed by atoms with Gasteiger partial charge in [-0.05, 0) is 202 Å². The molecule has 8 aromatic heterocycles. The van der Waals surface area contributed by atoms with Gasteiger partial charge in [-0.25, -0.2) is 36.8 Å². The highest BCUT2D eigenvalue weighted by Crippen LogP contribution is 2.33. The van der Waals surface area contributed by atoms with Gasteiger partial charge >= 0.3 is 0 Å². The van der Waals surface area contributed by atoms with Crippen molar-refractivity contribution in [1.29, 1.82) is 21.6 Å². The van der Waals surface area contributed by atoms with Crippen LogP contribution in [0.25, 0.3) is 44.7 Å².